The number of fused-ring (bicyclic) bond motifs is 1. The highest BCUT2D eigenvalue weighted by Gasteiger charge is 2.31. The summed E-state index contributed by atoms with van der Waals surface area (Å²) in [6.45, 7) is 5.66. The number of aromatic nitrogens is 3. The third-order valence-electron chi connectivity index (χ3n) is 8.10. The number of nitrogens with zero attached hydrogens (tertiary/aromatic N) is 3. The fourth-order valence-corrected chi connectivity index (χ4v) is 5.76. The maximum Gasteiger partial charge on any atom is 0.416 e. The highest BCUT2D eigenvalue weighted by atomic mass is 19.4. The van der Waals surface area contributed by atoms with E-state index in [1.165, 1.54) is 10.6 Å². The number of nitrogens with two attached hydrogens (primary N) is 2. The van der Waals surface area contributed by atoms with E-state index in [1.807, 2.05) is 12.1 Å². The van der Waals surface area contributed by atoms with E-state index < -0.39 is 17.4 Å². The molecule has 0 aliphatic rings. The maximum absolute atomic E-state index is 13.9. The lowest BCUT2D eigenvalue weighted by Gasteiger charge is -2.22. The van der Waals surface area contributed by atoms with Crippen LogP contribution in [-0.2, 0) is 17.3 Å². The molecule has 6 N–H and O–H groups in total. The average molecular weight is 670 g/mol. The Morgan fingerprint density at radius 1 is 1.12 bits per heavy atom. The van der Waals surface area contributed by atoms with Gasteiger partial charge in [0.2, 0.25) is 0 Å². The van der Waals surface area contributed by atoms with E-state index in [0.29, 0.717) is 71.9 Å². The Hall–Kier alpha value is -4.20. The molecular weight excluding hydrogens is 623 g/mol. The normalized spacial score (nSPS) is 13.6. The Balaban J connectivity index is 1.63. The van der Waals surface area contributed by atoms with E-state index in [1.54, 1.807) is 45.5 Å². The van der Waals surface area contributed by atoms with Gasteiger partial charge in [0.1, 0.15) is 11.4 Å². The Labute approximate surface area is 278 Å². The van der Waals surface area contributed by atoms with Gasteiger partial charge in [0.15, 0.2) is 0 Å². The Morgan fingerprint density at radius 2 is 1.92 bits per heavy atom. The minimum absolute atomic E-state index is 0.0333. The summed E-state index contributed by atoms with van der Waals surface area (Å²) in [5.74, 6) is 1.18. The van der Waals surface area contributed by atoms with Crippen LogP contribution in [0.25, 0.3) is 28.0 Å². The third-order valence-corrected chi connectivity index (χ3v) is 8.10. The van der Waals surface area contributed by atoms with Crippen LogP contribution in [0.4, 0.5) is 13.2 Å². The van der Waals surface area contributed by atoms with Gasteiger partial charge in [0.25, 0.3) is 0 Å². The van der Waals surface area contributed by atoms with Crippen molar-refractivity contribution >= 4 is 16.9 Å². The number of halogens is 3. The number of aryl methyl sites for hydroxylation is 1. The van der Waals surface area contributed by atoms with Gasteiger partial charge in [0, 0.05) is 54.6 Å². The largest absolute Gasteiger partial charge is 0.496 e. The summed E-state index contributed by atoms with van der Waals surface area (Å²) in [6.07, 6.45) is 1.43. The molecule has 0 fully saturated rings. The molecule has 13 heteroatoms. The summed E-state index contributed by atoms with van der Waals surface area (Å²) in [6, 6.07) is 11.1. The molecule has 2 aromatic carbocycles. The van der Waals surface area contributed by atoms with E-state index in [9.17, 15) is 18.0 Å². The topological polar surface area (TPSA) is 146 Å². The minimum atomic E-state index is -4.53. The Kier molecular flexibility index (Phi) is 12.8. The zero-order chi connectivity index (χ0) is 34.8. The van der Waals surface area contributed by atoms with Gasteiger partial charge in [-0.15, -0.1) is 0 Å². The van der Waals surface area contributed by atoms with Crippen LogP contribution in [0.5, 0.6) is 5.75 Å². The van der Waals surface area contributed by atoms with Gasteiger partial charge in [-0.1, -0.05) is 19.4 Å². The van der Waals surface area contributed by atoms with Crippen LogP contribution < -0.4 is 27.2 Å². The van der Waals surface area contributed by atoms with Gasteiger partial charge in [-0.05, 0) is 87.0 Å². The van der Waals surface area contributed by atoms with Gasteiger partial charge in [-0.25, -0.2) is 4.79 Å². The molecule has 2 unspecified atom stereocenters. The maximum atomic E-state index is 13.9. The Bertz CT molecular complexity index is 1750. The lowest BCUT2D eigenvalue weighted by molar-refractivity contribution is -0.137. The van der Waals surface area contributed by atoms with Crippen LogP contribution in [0.15, 0.2) is 58.4 Å². The highest BCUT2D eigenvalue weighted by Crippen LogP contribution is 2.35. The zero-order valence-electron chi connectivity index (χ0n) is 28.0. The lowest BCUT2D eigenvalue weighted by atomic mass is 9.98. The van der Waals surface area contributed by atoms with E-state index >= 15 is 0 Å². The van der Waals surface area contributed by atoms with Crippen molar-refractivity contribution in [2.75, 3.05) is 33.9 Å². The second-order valence-electron chi connectivity index (χ2n) is 12.0. The number of hydrogen-bond acceptors (Lipinski definition) is 7. The highest BCUT2D eigenvalue weighted by molar-refractivity contribution is 5.83. The van der Waals surface area contributed by atoms with Gasteiger partial charge in [0.05, 0.1) is 30.8 Å². The molecule has 2 aromatic heterocycles. The van der Waals surface area contributed by atoms with Crippen molar-refractivity contribution in [1.29, 1.82) is 0 Å². The van der Waals surface area contributed by atoms with Crippen LogP contribution in [-0.4, -0.2) is 60.3 Å². The van der Waals surface area contributed by atoms with Crippen molar-refractivity contribution in [1.82, 2.24) is 19.9 Å². The first-order valence-electron chi connectivity index (χ1n) is 16.2. The molecule has 0 radical (unpaired) electrons. The molecule has 260 valence electrons. The van der Waals surface area contributed by atoms with Gasteiger partial charge < -0.3 is 31.2 Å². The molecule has 2 atom stereocenters. The molecule has 0 saturated heterocycles. The van der Waals surface area contributed by atoms with Gasteiger partial charge in [-0.2, -0.15) is 18.2 Å². The van der Waals surface area contributed by atoms with Crippen molar-refractivity contribution < 1.29 is 22.6 Å². The number of hydrogen-bond donors (Lipinski definition) is 4. The van der Waals surface area contributed by atoms with Crippen molar-refractivity contribution in [3.8, 4) is 22.7 Å². The molecule has 48 heavy (non-hydrogen) atoms. The summed E-state index contributed by atoms with van der Waals surface area (Å²) < 4.78 is 53.9. The summed E-state index contributed by atoms with van der Waals surface area (Å²) >= 11 is 0. The average Bonchev–Trinajstić information content (AvgIpc) is 3.46. The lowest BCUT2D eigenvalue weighted by Crippen LogP contribution is -2.25. The Morgan fingerprint density at radius 3 is 2.60 bits per heavy atom. The number of benzene rings is 2. The number of nitrogens with one attached hydrogen (secondary N) is 2. The third kappa shape index (κ3) is 9.68. The monoisotopic (exact) mass is 669 g/mol. The van der Waals surface area contributed by atoms with E-state index in [0.717, 1.165) is 37.4 Å². The van der Waals surface area contributed by atoms with Crippen molar-refractivity contribution in [3.63, 3.8) is 0 Å². The number of methoxy groups -OCH3 is 2. The van der Waals surface area contributed by atoms with Crippen LogP contribution in [0.3, 0.4) is 0 Å². The SMILES string of the molecule is CCCC(NCCCN=C(C)N)c1ccc(-n2cc3cc(-c4cc(CCCC(N)COC)cc(C(F)(F)F)c4)[nH]c3nc2=O)cc1OC. The quantitative estimate of drug-likeness (QED) is 0.0622. The molecule has 0 amide bonds. The fraction of sp³-hybridized carbons (Fsp3) is 0.457. The molecule has 4 aromatic rings. The van der Waals surface area contributed by atoms with Crippen LogP contribution in [0, 0.1) is 0 Å². The second-order valence-corrected chi connectivity index (χ2v) is 12.0. The number of rotatable bonds is 17. The summed E-state index contributed by atoms with van der Waals surface area (Å²) in [7, 11) is 3.15. The van der Waals surface area contributed by atoms with E-state index in [-0.39, 0.29) is 17.7 Å². The van der Waals surface area contributed by atoms with E-state index in [4.69, 9.17) is 20.9 Å². The zero-order valence-corrected chi connectivity index (χ0v) is 28.0. The first-order chi connectivity index (χ1) is 22.9. The second kappa shape index (κ2) is 16.8. The molecule has 0 saturated carbocycles. The summed E-state index contributed by atoms with van der Waals surface area (Å²) in [4.78, 5) is 24.7. The number of aliphatic imine (C=N–C) groups is 1. The molecule has 0 bridgehead atoms. The first kappa shape index (κ1) is 36.6. The van der Waals surface area contributed by atoms with Crippen LogP contribution in [0.2, 0.25) is 0 Å². The first-order valence-corrected chi connectivity index (χ1v) is 16.2. The summed E-state index contributed by atoms with van der Waals surface area (Å²) in [5.41, 5.74) is 13.5. The van der Waals surface area contributed by atoms with Crippen LogP contribution >= 0.6 is 0 Å². The molecule has 0 aliphatic carbocycles. The van der Waals surface area contributed by atoms with Gasteiger partial charge in [-0.3, -0.25) is 9.56 Å². The number of ether oxygens (including phenoxy) is 2. The van der Waals surface area contributed by atoms with Crippen LogP contribution in [0.1, 0.15) is 68.7 Å². The summed E-state index contributed by atoms with van der Waals surface area (Å²) in [5, 5.41) is 4.15. The van der Waals surface area contributed by atoms with E-state index in [2.05, 4.69) is 27.2 Å². The fourth-order valence-electron chi connectivity index (χ4n) is 5.76. The number of amidine groups is 1. The molecule has 0 spiro atoms. The molecule has 0 aliphatic heterocycles. The number of H-pyrrole nitrogens is 1. The minimum Gasteiger partial charge on any atom is -0.496 e. The van der Waals surface area contributed by atoms with Gasteiger partial charge >= 0.3 is 11.9 Å². The molecule has 4 rings (SSSR count). The predicted octanol–water partition coefficient (Wildman–Crippen LogP) is 5.90. The standard InChI is InChI=1S/C35H46F3N7O3/c1-5-8-30(42-14-7-13-41-22(2)39)29-12-11-28(19-32(29)48-4)45-20-25-18-31(43-33(25)44-34(45)46)24-15-23(9-6-10-27(40)21-47-3)16-26(17-24)35(36,37)38/h11-12,15-20,27,30,42H,5-10,13-14,21,40H2,1-4H3,(H2,39,41)(H,43,44,46). The van der Waals surface area contributed by atoms with Crippen molar-refractivity contribution in [2.24, 2.45) is 16.5 Å². The molecule has 2 heterocycles. The van der Waals surface area contributed by atoms with Crippen molar-refractivity contribution in [2.45, 2.75) is 70.6 Å². The van der Waals surface area contributed by atoms with Crippen molar-refractivity contribution in [3.05, 3.63) is 75.8 Å². The smallest absolute Gasteiger partial charge is 0.416 e. The number of aromatic amines is 1. The molecular formula is C35H46F3N7O3. The molecule has 10 nitrogen and oxygen atoms in total. The number of alkyl halides is 3. The predicted molar refractivity (Wildman–Crippen MR) is 184 cm³/mol.